The van der Waals surface area contributed by atoms with Crippen molar-refractivity contribution in [2.24, 2.45) is 5.41 Å². The molecule has 21 heavy (non-hydrogen) atoms. The van der Waals surface area contributed by atoms with E-state index in [9.17, 15) is 0 Å². The van der Waals surface area contributed by atoms with E-state index in [0.717, 1.165) is 43.4 Å². The minimum atomic E-state index is -0.0512. The van der Waals surface area contributed by atoms with Gasteiger partial charge in [0.1, 0.15) is 17.5 Å². The minimum absolute atomic E-state index is 0.0512. The number of nitrogens with zero attached hydrogens (tertiary/aromatic N) is 2. The largest absolute Gasteiger partial charge is 0.370 e. The van der Waals surface area contributed by atoms with Crippen LogP contribution in [0.3, 0.4) is 0 Å². The van der Waals surface area contributed by atoms with E-state index in [1.807, 2.05) is 6.07 Å². The molecule has 0 aliphatic heterocycles. The van der Waals surface area contributed by atoms with Gasteiger partial charge in [-0.15, -0.1) is 0 Å². The zero-order valence-corrected chi connectivity index (χ0v) is 14.8. The number of rotatable bonds is 6. The van der Waals surface area contributed by atoms with Crippen LogP contribution >= 0.6 is 0 Å². The Labute approximate surface area is 130 Å². The quantitative estimate of drug-likeness (QED) is 0.813. The lowest BCUT2D eigenvalue weighted by molar-refractivity contribution is 0.389. The Morgan fingerprint density at radius 3 is 1.86 bits per heavy atom. The van der Waals surface area contributed by atoms with Gasteiger partial charge >= 0.3 is 0 Å². The molecule has 1 aromatic rings. The first-order valence-corrected chi connectivity index (χ1v) is 7.99. The fourth-order valence-electron chi connectivity index (χ4n) is 1.78. The van der Waals surface area contributed by atoms with Crippen LogP contribution in [0, 0.1) is 5.41 Å². The van der Waals surface area contributed by atoms with Crippen molar-refractivity contribution in [2.45, 2.75) is 66.7 Å². The molecule has 0 aromatic carbocycles. The fourth-order valence-corrected chi connectivity index (χ4v) is 1.78. The van der Waals surface area contributed by atoms with Crippen molar-refractivity contribution in [1.29, 1.82) is 0 Å². The molecule has 2 N–H and O–H groups in total. The molecule has 0 radical (unpaired) electrons. The summed E-state index contributed by atoms with van der Waals surface area (Å²) in [5, 5.41) is 6.80. The van der Waals surface area contributed by atoms with Crippen molar-refractivity contribution < 1.29 is 0 Å². The van der Waals surface area contributed by atoms with Gasteiger partial charge in [0.15, 0.2) is 0 Å². The van der Waals surface area contributed by atoms with Crippen molar-refractivity contribution >= 4 is 11.6 Å². The van der Waals surface area contributed by atoms with Crippen LogP contribution in [-0.4, -0.2) is 23.1 Å². The van der Waals surface area contributed by atoms with Gasteiger partial charge in [-0.05, 0) is 18.3 Å². The van der Waals surface area contributed by atoms with Crippen LogP contribution in [0.5, 0.6) is 0 Å². The maximum absolute atomic E-state index is 4.67. The van der Waals surface area contributed by atoms with Crippen molar-refractivity contribution in [3.8, 4) is 0 Å². The molecule has 4 nitrogen and oxygen atoms in total. The Hall–Kier alpha value is -1.32. The second kappa shape index (κ2) is 7.10. The Bertz CT molecular complexity index is 441. The van der Waals surface area contributed by atoms with Crippen molar-refractivity contribution in [3.63, 3.8) is 0 Å². The summed E-state index contributed by atoms with van der Waals surface area (Å²) >= 11 is 0. The summed E-state index contributed by atoms with van der Waals surface area (Å²) in [6.07, 6.45) is 2.20. The van der Waals surface area contributed by atoms with Crippen molar-refractivity contribution in [2.75, 3.05) is 23.7 Å². The molecule has 4 heteroatoms. The summed E-state index contributed by atoms with van der Waals surface area (Å²) in [6, 6.07) is 2.01. The number of aromatic nitrogens is 2. The van der Waals surface area contributed by atoms with Crippen molar-refractivity contribution in [3.05, 3.63) is 11.9 Å². The standard InChI is InChI=1S/C17H32N4/c1-8-10-18-13-12-14(19-11-9-16(2,3)4)21-15(20-13)17(5,6)7/h12H,8-11H2,1-7H3,(H2,18,19,20,21). The third-order valence-electron chi connectivity index (χ3n) is 3.13. The zero-order valence-electron chi connectivity index (χ0n) is 14.8. The Balaban J connectivity index is 2.86. The van der Waals surface area contributed by atoms with Crippen LogP contribution in [-0.2, 0) is 5.41 Å². The third-order valence-corrected chi connectivity index (χ3v) is 3.13. The number of hydrogen-bond donors (Lipinski definition) is 2. The molecule has 1 heterocycles. The predicted octanol–water partition coefficient (Wildman–Crippen LogP) is 4.44. The van der Waals surface area contributed by atoms with E-state index in [0.29, 0.717) is 5.41 Å². The van der Waals surface area contributed by atoms with Crippen LogP contribution in [0.1, 0.15) is 67.1 Å². The molecule has 0 saturated carbocycles. The molecule has 0 unspecified atom stereocenters. The summed E-state index contributed by atoms with van der Waals surface area (Å²) in [5.41, 5.74) is 0.278. The summed E-state index contributed by atoms with van der Waals surface area (Å²) < 4.78 is 0. The average molecular weight is 292 g/mol. The van der Waals surface area contributed by atoms with Gasteiger partial charge in [-0.3, -0.25) is 0 Å². The smallest absolute Gasteiger partial charge is 0.138 e. The summed E-state index contributed by atoms with van der Waals surface area (Å²) in [5.74, 6) is 2.70. The van der Waals surface area contributed by atoms with Gasteiger partial charge in [0.25, 0.3) is 0 Å². The first kappa shape index (κ1) is 17.7. The number of hydrogen-bond acceptors (Lipinski definition) is 4. The van der Waals surface area contributed by atoms with Gasteiger partial charge in [-0.2, -0.15) is 0 Å². The first-order valence-electron chi connectivity index (χ1n) is 7.99. The van der Waals surface area contributed by atoms with Crippen molar-refractivity contribution in [1.82, 2.24) is 9.97 Å². The molecule has 0 spiro atoms. The highest BCUT2D eigenvalue weighted by atomic mass is 15.1. The molecular weight excluding hydrogens is 260 g/mol. The lowest BCUT2D eigenvalue weighted by Crippen LogP contribution is -2.20. The van der Waals surface area contributed by atoms with Gasteiger partial charge in [-0.25, -0.2) is 9.97 Å². The monoisotopic (exact) mass is 292 g/mol. The average Bonchev–Trinajstić information content (AvgIpc) is 2.33. The zero-order chi connectivity index (χ0) is 16.1. The van der Waals surface area contributed by atoms with Crippen LogP contribution < -0.4 is 10.6 Å². The maximum atomic E-state index is 4.67. The van der Waals surface area contributed by atoms with Gasteiger partial charge in [0.05, 0.1) is 0 Å². The summed E-state index contributed by atoms with van der Waals surface area (Å²) in [6.45, 7) is 17.2. The molecular formula is C17H32N4. The SMILES string of the molecule is CCCNc1cc(NCCC(C)(C)C)nc(C(C)(C)C)n1. The van der Waals surface area contributed by atoms with Crippen LogP contribution in [0.2, 0.25) is 0 Å². The molecule has 120 valence electrons. The van der Waals surface area contributed by atoms with E-state index in [4.69, 9.17) is 0 Å². The Morgan fingerprint density at radius 2 is 1.43 bits per heavy atom. The van der Waals surface area contributed by atoms with E-state index in [1.165, 1.54) is 0 Å². The highest BCUT2D eigenvalue weighted by molar-refractivity contribution is 5.48. The second-order valence-electron chi connectivity index (χ2n) is 7.88. The first-order chi connectivity index (χ1) is 9.62. The molecule has 0 aliphatic rings. The van der Waals surface area contributed by atoms with E-state index in [1.54, 1.807) is 0 Å². The highest BCUT2D eigenvalue weighted by Crippen LogP contribution is 2.23. The van der Waals surface area contributed by atoms with Gasteiger partial charge in [0, 0.05) is 24.6 Å². The van der Waals surface area contributed by atoms with E-state index in [2.05, 4.69) is 69.1 Å². The highest BCUT2D eigenvalue weighted by Gasteiger charge is 2.19. The molecule has 0 fully saturated rings. The molecule has 0 atom stereocenters. The third kappa shape index (κ3) is 6.78. The predicted molar refractivity (Wildman–Crippen MR) is 92.1 cm³/mol. The van der Waals surface area contributed by atoms with Crippen LogP contribution in [0.25, 0.3) is 0 Å². The molecule has 0 bridgehead atoms. The maximum Gasteiger partial charge on any atom is 0.138 e. The Morgan fingerprint density at radius 1 is 0.905 bits per heavy atom. The molecule has 0 amide bonds. The summed E-state index contributed by atoms with van der Waals surface area (Å²) in [4.78, 5) is 9.31. The molecule has 0 saturated heterocycles. The van der Waals surface area contributed by atoms with Gasteiger partial charge in [0.2, 0.25) is 0 Å². The lowest BCUT2D eigenvalue weighted by atomic mass is 9.92. The summed E-state index contributed by atoms with van der Waals surface area (Å²) in [7, 11) is 0. The minimum Gasteiger partial charge on any atom is -0.370 e. The van der Waals surface area contributed by atoms with Gasteiger partial charge in [-0.1, -0.05) is 48.5 Å². The van der Waals surface area contributed by atoms with E-state index < -0.39 is 0 Å². The Kier molecular flexibility index (Phi) is 5.99. The lowest BCUT2D eigenvalue weighted by Gasteiger charge is -2.21. The molecule has 1 aromatic heterocycles. The topological polar surface area (TPSA) is 49.8 Å². The molecule has 0 aliphatic carbocycles. The van der Waals surface area contributed by atoms with Crippen LogP contribution in [0.15, 0.2) is 6.07 Å². The number of anilines is 2. The van der Waals surface area contributed by atoms with E-state index >= 15 is 0 Å². The van der Waals surface area contributed by atoms with Gasteiger partial charge < -0.3 is 10.6 Å². The normalized spacial score (nSPS) is 12.3. The fraction of sp³-hybridized carbons (Fsp3) is 0.765. The number of nitrogens with one attached hydrogen (secondary N) is 2. The van der Waals surface area contributed by atoms with Crippen LogP contribution in [0.4, 0.5) is 11.6 Å². The second-order valence-corrected chi connectivity index (χ2v) is 7.88. The van der Waals surface area contributed by atoms with E-state index in [-0.39, 0.29) is 5.41 Å². The molecule has 1 rings (SSSR count).